The number of carbonyl (C=O) groups excluding carboxylic acids is 2. The Morgan fingerprint density at radius 2 is 1.79 bits per heavy atom. The molecule has 0 atom stereocenters. The van der Waals surface area contributed by atoms with Crippen LogP contribution in [0.3, 0.4) is 0 Å². The summed E-state index contributed by atoms with van der Waals surface area (Å²) in [6.07, 6.45) is 0. The number of halogens is 2. The lowest BCUT2D eigenvalue weighted by atomic mass is 9.94. The maximum atomic E-state index is 14.1. The second-order valence-corrected chi connectivity index (χ2v) is 11.9. The van der Waals surface area contributed by atoms with Gasteiger partial charge < -0.3 is 19.1 Å². The van der Waals surface area contributed by atoms with Crippen LogP contribution in [-0.2, 0) is 11.3 Å². The smallest absolute Gasteiger partial charge is 0.275 e. The normalized spacial score (nSPS) is 15.4. The highest BCUT2D eigenvalue weighted by Crippen LogP contribution is 2.46. The van der Waals surface area contributed by atoms with Crippen molar-refractivity contribution in [3.8, 4) is 39.6 Å². The number of aromatic nitrogens is 2. The van der Waals surface area contributed by atoms with Gasteiger partial charge in [0.25, 0.3) is 5.91 Å². The van der Waals surface area contributed by atoms with Crippen molar-refractivity contribution in [2.45, 2.75) is 32.9 Å². The Balaban J connectivity index is 1.59. The van der Waals surface area contributed by atoms with Gasteiger partial charge in [0.05, 0.1) is 37.2 Å². The fourth-order valence-electron chi connectivity index (χ4n) is 5.56. The van der Waals surface area contributed by atoms with Crippen molar-refractivity contribution in [1.82, 2.24) is 14.7 Å². The number of ketones is 1. The number of hydrogen-bond acceptors (Lipinski definition) is 6. The van der Waals surface area contributed by atoms with E-state index in [1.165, 1.54) is 6.92 Å². The van der Waals surface area contributed by atoms with Crippen LogP contribution in [0.4, 0.5) is 0 Å². The SMILES string of the molecule is COc1cc2c(cc1-c1cccc(C(C)=O)c1)-c1c(c(C(=O)N3CCOCC3(C)C)nn1-c1cc(Cl)cc(Cl)c1)CO2. The number of methoxy groups -OCH3 is 1. The molecule has 2 aliphatic rings. The number of Topliss-reactive ketones (excluding diaryl/α,β-unsaturated/α-hetero) is 1. The van der Waals surface area contributed by atoms with E-state index in [1.807, 2.05) is 44.2 Å². The van der Waals surface area contributed by atoms with E-state index in [1.54, 1.807) is 41.0 Å². The minimum Gasteiger partial charge on any atom is -0.496 e. The van der Waals surface area contributed by atoms with Gasteiger partial charge in [0, 0.05) is 44.9 Å². The number of ether oxygens (including phenoxy) is 3. The molecule has 10 heteroatoms. The van der Waals surface area contributed by atoms with Crippen LogP contribution in [0.5, 0.6) is 11.5 Å². The topological polar surface area (TPSA) is 82.9 Å². The van der Waals surface area contributed by atoms with Crippen LogP contribution in [-0.4, -0.2) is 58.8 Å². The molecule has 0 bridgehead atoms. The minimum absolute atomic E-state index is 0.0375. The quantitative estimate of drug-likeness (QED) is 0.231. The van der Waals surface area contributed by atoms with Gasteiger partial charge in [-0.1, -0.05) is 41.4 Å². The molecule has 8 nitrogen and oxygen atoms in total. The van der Waals surface area contributed by atoms with E-state index in [0.29, 0.717) is 69.4 Å². The van der Waals surface area contributed by atoms with Crippen molar-refractivity contribution in [1.29, 1.82) is 0 Å². The highest BCUT2D eigenvalue weighted by molar-refractivity contribution is 6.34. The summed E-state index contributed by atoms with van der Waals surface area (Å²) >= 11 is 12.8. The molecule has 4 aromatic rings. The molecule has 42 heavy (non-hydrogen) atoms. The van der Waals surface area contributed by atoms with Crippen LogP contribution >= 0.6 is 23.2 Å². The van der Waals surface area contributed by atoms with E-state index in [4.69, 9.17) is 42.5 Å². The first kappa shape index (κ1) is 28.3. The van der Waals surface area contributed by atoms with Crippen LogP contribution < -0.4 is 9.47 Å². The largest absolute Gasteiger partial charge is 0.496 e. The van der Waals surface area contributed by atoms with E-state index in [0.717, 1.165) is 11.1 Å². The van der Waals surface area contributed by atoms with Crippen LogP contribution in [0.25, 0.3) is 28.1 Å². The molecule has 1 saturated heterocycles. The summed E-state index contributed by atoms with van der Waals surface area (Å²) in [6.45, 7) is 6.93. The predicted molar refractivity (Wildman–Crippen MR) is 161 cm³/mol. The second kappa shape index (κ2) is 10.8. The predicted octanol–water partition coefficient (Wildman–Crippen LogP) is 6.87. The van der Waals surface area contributed by atoms with E-state index >= 15 is 0 Å². The van der Waals surface area contributed by atoms with Crippen molar-refractivity contribution in [2.75, 3.05) is 26.9 Å². The Hall–Kier alpha value is -3.85. The van der Waals surface area contributed by atoms with Gasteiger partial charge in [0.15, 0.2) is 11.5 Å². The molecule has 1 aromatic heterocycles. The molecule has 3 aromatic carbocycles. The number of nitrogens with zero attached hydrogens (tertiary/aromatic N) is 3. The van der Waals surface area contributed by atoms with Crippen molar-refractivity contribution >= 4 is 34.9 Å². The number of carbonyl (C=O) groups is 2. The number of rotatable bonds is 5. The Kier molecular flexibility index (Phi) is 7.25. The summed E-state index contributed by atoms with van der Waals surface area (Å²) in [5.41, 5.74) is 4.59. The standard InChI is InChI=1S/C32H29Cl2N3O5/c1-18(38)19-6-5-7-20(10-19)24-14-25-28(15-27(24)40-4)42-16-26-29(31(39)36-8-9-41-17-32(36,2)3)35-37(30(25)26)23-12-21(33)11-22(34)13-23/h5-7,10-15H,8-9,16-17H2,1-4H3. The maximum Gasteiger partial charge on any atom is 0.275 e. The summed E-state index contributed by atoms with van der Waals surface area (Å²) < 4.78 is 19.3. The molecule has 1 amide bonds. The molecule has 1 fully saturated rings. The number of benzene rings is 3. The first-order valence-corrected chi connectivity index (χ1v) is 14.3. The molecule has 2 aliphatic heterocycles. The first-order chi connectivity index (χ1) is 20.1. The average molecular weight is 607 g/mol. The second-order valence-electron chi connectivity index (χ2n) is 11.0. The molecule has 6 rings (SSSR count). The van der Waals surface area contributed by atoms with Crippen LogP contribution in [0.15, 0.2) is 54.6 Å². The number of morpholine rings is 1. The summed E-state index contributed by atoms with van der Waals surface area (Å²) in [7, 11) is 1.59. The highest BCUT2D eigenvalue weighted by Gasteiger charge is 2.39. The number of fused-ring (bicyclic) bond motifs is 3. The summed E-state index contributed by atoms with van der Waals surface area (Å²) in [5.74, 6) is 0.915. The van der Waals surface area contributed by atoms with Crippen molar-refractivity contribution in [2.24, 2.45) is 0 Å². The molecule has 0 N–H and O–H groups in total. The van der Waals surface area contributed by atoms with Gasteiger partial charge in [-0.05, 0) is 56.7 Å². The third-order valence-corrected chi connectivity index (χ3v) is 8.11. The Morgan fingerprint density at radius 1 is 1.02 bits per heavy atom. The van der Waals surface area contributed by atoms with Gasteiger partial charge in [-0.25, -0.2) is 4.68 Å². The fourth-order valence-corrected chi connectivity index (χ4v) is 6.08. The fraction of sp³-hybridized carbons (Fsp3) is 0.281. The Labute approximate surface area is 253 Å². The molecular weight excluding hydrogens is 577 g/mol. The van der Waals surface area contributed by atoms with Gasteiger partial charge in [0.2, 0.25) is 0 Å². The zero-order valence-electron chi connectivity index (χ0n) is 23.7. The van der Waals surface area contributed by atoms with E-state index in [-0.39, 0.29) is 24.0 Å². The van der Waals surface area contributed by atoms with Crippen molar-refractivity contribution < 1.29 is 23.8 Å². The summed E-state index contributed by atoms with van der Waals surface area (Å²) in [6, 6.07) is 16.3. The van der Waals surface area contributed by atoms with Gasteiger partial charge in [-0.15, -0.1) is 0 Å². The molecular formula is C32H29Cl2N3O5. The average Bonchev–Trinajstić information content (AvgIpc) is 3.36. The molecule has 0 aliphatic carbocycles. The first-order valence-electron chi connectivity index (χ1n) is 13.5. The van der Waals surface area contributed by atoms with Crippen molar-refractivity contribution in [3.63, 3.8) is 0 Å². The number of amides is 1. The third kappa shape index (κ3) is 4.93. The lowest BCUT2D eigenvalue weighted by Crippen LogP contribution is -2.55. The summed E-state index contributed by atoms with van der Waals surface area (Å²) in [4.78, 5) is 28.1. The molecule has 3 heterocycles. The van der Waals surface area contributed by atoms with Crippen molar-refractivity contribution in [3.05, 3.63) is 81.5 Å². The lowest BCUT2D eigenvalue weighted by molar-refractivity contribution is -0.0374. The van der Waals surface area contributed by atoms with Crippen LogP contribution in [0, 0.1) is 0 Å². The maximum absolute atomic E-state index is 14.1. The Bertz CT molecular complexity index is 1730. The lowest BCUT2D eigenvalue weighted by Gasteiger charge is -2.41. The number of hydrogen-bond donors (Lipinski definition) is 0. The van der Waals surface area contributed by atoms with E-state index in [9.17, 15) is 9.59 Å². The minimum atomic E-state index is -0.513. The molecule has 0 radical (unpaired) electrons. The van der Waals surface area contributed by atoms with Gasteiger partial charge in [-0.2, -0.15) is 5.10 Å². The van der Waals surface area contributed by atoms with E-state index in [2.05, 4.69) is 0 Å². The third-order valence-electron chi connectivity index (χ3n) is 7.68. The van der Waals surface area contributed by atoms with E-state index < -0.39 is 5.54 Å². The summed E-state index contributed by atoms with van der Waals surface area (Å²) in [5, 5.41) is 5.75. The van der Waals surface area contributed by atoms with Crippen LogP contribution in [0.1, 0.15) is 47.2 Å². The monoisotopic (exact) mass is 605 g/mol. The molecule has 0 unspecified atom stereocenters. The molecule has 0 spiro atoms. The van der Waals surface area contributed by atoms with Gasteiger partial charge in [-0.3, -0.25) is 9.59 Å². The van der Waals surface area contributed by atoms with Gasteiger partial charge in [0.1, 0.15) is 18.1 Å². The van der Waals surface area contributed by atoms with Gasteiger partial charge >= 0.3 is 0 Å². The van der Waals surface area contributed by atoms with Crippen LogP contribution in [0.2, 0.25) is 10.0 Å². The Morgan fingerprint density at radius 3 is 2.48 bits per heavy atom. The zero-order chi connectivity index (χ0) is 29.8. The molecule has 216 valence electrons. The zero-order valence-corrected chi connectivity index (χ0v) is 25.2. The molecule has 0 saturated carbocycles. The highest BCUT2D eigenvalue weighted by atomic mass is 35.5.